The number of piperazine rings is 1. The first kappa shape index (κ1) is 26.0. The fourth-order valence-electron chi connectivity index (χ4n) is 4.65. The summed E-state index contributed by atoms with van der Waals surface area (Å²) in [6.07, 6.45) is 0. The van der Waals surface area contributed by atoms with E-state index >= 15 is 4.39 Å². The molecule has 0 amide bonds. The van der Waals surface area contributed by atoms with Gasteiger partial charge in [0.25, 0.3) is 0 Å². The smallest absolute Gasteiger partial charge is 0.191 e. The van der Waals surface area contributed by atoms with E-state index in [-0.39, 0.29) is 29.9 Å². The zero-order valence-electron chi connectivity index (χ0n) is 21.4. The molecule has 5 rings (SSSR count). The van der Waals surface area contributed by atoms with E-state index < -0.39 is 5.82 Å². The molecule has 38 heavy (non-hydrogen) atoms. The summed E-state index contributed by atoms with van der Waals surface area (Å²) in [4.78, 5) is 13.7. The van der Waals surface area contributed by atoms with Crippen molar-refractivity contribution in [1.29, 1.82) is 5.26 Å². The van der Waals surface area contributed by atoms with Crippen LogP contribution in [0.4, 0.5) is 25.3 Å². The Labute approximate surface area is 224 Å². The number of benzene rings is 2. The van der Waals surface area contributed by atoms with Crippen molar-refractivity contribution in [2.75, 3.05) is 43.1 Å². The molecule has 0 spiro atoms. The van der Waals surface area contributed by atoms with Gasteiger partial charge in [0, 0.05) is 55.1 Å². The highest BCUT2D eigenvalue weighted by Gasteiger charge is 2.24. The normalized spacial score (nSPS) is 15.7. The van der Waals surface area contributed by atoms with Crippen molar-refractivity contribution in [3.63, 3.8) is 0 Å². The molecular weight excluding hydrogens is 506 g/mol. The predicted molar refractivity (Wildman–Crippen MR) is 147 cm³/mol. The maximum atomic E-state index is 15.6. The fraction of sp³-hybridized carbons (Fsp3) is 0.321. The predicted octanol–water partition coefficient (Wildman–Crippen LogP) is 5.17. The second-order valence-electron chi connectivity index (χ2n) is 9.68. The number of rotatable bonds is 6. The summed E-state index contributed by atoms with van der Waals surface area (Å²) < 4.78 is 29.1. The number of hydrogen-bond acceptors (Lipinski definition) is 8. The standard InChI is InChI=1S/C28H28F2N6OS/c1-16(2)23-12-24(35(3)28-34-26(25(13-31)38-28)17-4-6-18(29)7-5-17)21-10-20(11-22(30)27(21)33-23)36-9-8-32-19(14-36)15-37/h4-7,10-12,16,19,32,37H,8-9,14-15H2,1-3H3. The van der Waals surface area contributed by atoms with E-state index in [9.17, 15) is 14.8 Å². The molecule has 196 valence electrons. The van der Waals surface area contributed by atoms with Crippen LogP contribution in [0.1, 0.15) is 30.3 Å². The molecule has 2 aromatic heterocycles. The summed E-state index contributed by atoms with van der Waals surface area (Å²) in [6, 6.07) is 13.4. The van der Waals surface area contributed by atoms with Gasteiger partial charge in [-0.2, -0.15) is 5.26 Å². The third-order valence-corrected chi connectivity index (χ3v) is 7.80. The number of hydrogen-bond donors (Lipinski definition) is 2. The second kappa shape index (κ2) is 10.6. The molecule has 0 aliphatic carbocycles. The summed E-state index contributed by atoms with van der Waals surface area (Å²) in [5, 5.41) is 23.8. The number of pyridine rings is 1. The van der Waals surface area contributed by atoms with Crippen molar-refractivity contribution in [2.45, 2.75) is 25.8 Å². The lowest BCUT2D eigenvalue weighted by Crippen LogP contribution is -2.52. The Morgan fingerprint density at radius 1 is 1.21 bits per heavy atom. The number of thiazole rings is 1. The third-order valence-electron chi connectivity index (χ3n) is 6.77. The van der Waals surface area contributed by atoms with Crippen LogP contribution in [0.3, 0.4) is 0 Å². The lowest BCUT2D eigenvalue weighted by molar-refractivity contribution is 0.235. The first-order valence-corrected chi connectivity index (χ1v) is 13.2. The van der Waals surface area contributed by atoms with Crippen molar-refractivity contribution in [3.05, 3.63) is 64.7 Å². The fourth-order valence-corrected chi connectivity index (χ4v) is 5.51. The number of aromatic nitrogens is 2. The molecule has 2 N–H and O–H groups in total. The van der Waals surface area contributed by atoms with E-state index in [0.717, 1.165) is 11.4 Å². The van der Waals surface area contributed by atoms with Gasteiger partial charge in [-0.15, -0.1) is 0 Å². The Kier molecular flexibility index (Phi) is 7.25. The van der Waals surface area contributed by atoms with Gasteiger partial charge in [0.2, 0.25) is 0 Å². The van der Waals surface area contributed by atoms with Gasteiger partial charge in [-0.1, -0.05) is 25.2 Å². The molecule has 2 aromatic carbocycles. The van der Waals surface area contributed by atoms with Crippen molar-refractivity contribution < 1.29 is 13.9 Å². The minimum absolute atomic E-state index is 0.00151. The molecule has 7 nitrogen and oxygen atoms in total. The minimum Gasteiger partial charge on any atom is -0.395 e. The highest BCUT2D eigenvalue weighted by molar-refractivity contribution is 7.16. The number of nitrogens with zero attached hydrogens (tertiary/aromatic N) is 5. The molecule has 1 aliphatic rings. The van der Waals surface area contributed by atoms with Crippen molar-refractivity contribution >= 4 is 38.7 Å². The molecular formula is C28H28F2N6OS. The Morgan fingerprint density at radius 2 is 1.97 bits per heavy atom. The van der Waals surface area contributed by atoms with Crippen LogP contribution < -0.4 is 15.1 Å². The highest BCUT2D eigenvalue weighted by atomic mass is 32.1. The third kappa shape index (κ3) is 4.92. The van der Waals surface area contributed by atoms with Crippen molar-refractivity contribution in [1.82, 2.24) is 15.3 Å². The summed E-state index contributed by atoms with van der Waals surface area (Å²) in [6.45, 7) is 5.94. The summed E-state index contributed by atoms with van der Waals surface area (Å²) in [5.41, 5.74) is 3.57. The molecule has 0 bridgehead atoms. The number of fused-ring (bicyclic) bond motifs is 1. The van der Waals surface area contributed by atoms with Gasteiger partial charge in [0.1, 0.15) is 28.0 Å². The minimum atomic E-state index is -0.419. The van der Waals surface area contributed by atoms with Crippen LogP contribution in [0.2, 0.25) is 0 Å². The molecule has 0 saturated carbocycles. The quantitative estimate of drug-likeness (QED) is 0.353. The second-order valence-corrected chi connectivity index (χ2v) is 10.7. The van der Waals surface area contributed by atoms with E-state index in [0.29, 0.717) is 52.0 Å². The van der Waals surface area contributed by atoms with Gasteiger partial charge >= 0.3 is 0 Å². The van der Waals surface area contributed by atoms with Crippen LogP contribution in [0.25, 0.3) is 22.2 Å². The summed E-state index contributed by atoms with van der Waals surface area (Å²) in [5.74, 6) is -0.723. The van der Waals surface area contributed by atoms with E-state index in [1.807, 2.05) is 37.9 Å². The van der Waals surface area contributed by atoms with E-state index in [2.05, 4.69) is 21.3 Å². The van der Waals surface area contributed by atoms with E-state index in [1.54, 1.807) is 12.1 Å². The maximum Gasteiger partial charge on any atom is 0.191 e. The summed E-state index contributed by atoms with van der Waals surface area (Å²) in [7, 11) is 1.84. The first-order valence-electron chi connectivity index (χ1n) is 12.4. The molecule has 1 aliphatic heterocycles. The molecule has 1 atom stereocenters. The lowest BCUT2D eigenvalue weighted by Gasteiger charge is -2.34. The van der Waals surface area contributed by atoms with E-state index in [1.165, 1.54) is 29.5 Å². The zero-order chi connectivity index (χ0) is 27.0. The van der Waals surface area contributed by atoms with Gasteiger partial charge in [-0.05, 0) is 48.4 Å². The maximum absolute atomic E-state index is 15.6. The van der Waals surface area contributed by atoms with Crippen LogP contribution in [0.15, 0.2) is 42.5 Å². The molecule has 10 heteroatoms. The monoisotopic (exact) mass is 534 g/mol. The van der Waals surface area contributed by atoms with Crippen LogP contribution in [-0.4, -0.2) is 54.4 Å². The van der Waals surface area contributed by atoms with Gasteiger partial charge < -0.3 is 20.2 Å². The largest absolute Gasteiger partial charge is 0.395 e. The van der Waals surface area contributed by atoms with Gasteiger partial charge in [0.05, 0.1) is 12.3 Å². The summed E-state index contributed by atoms with van der Waals surface area (Å²) >= 11 is 1.22. The Morgan fingerprint density at radius 3 is 2.66 bits per heavy atom. The first-order chi connectivity index (χ1) is 18.3. The molecule has 0 radical (unpaired) electrons. The topological polar surface area (TPSA) is 88.3 Å². The Bertz CT molecular complexity index is 1510. The number of nitrogens with one attached hydrogen (secondary N) is 1. The average Bonchev–Trinajstić information content (AvgIpc) is 3.37. The Balaban J connectivity index is 1.63. The molecule has 1 fully saturated rings. The number of anilines is 3. The van der Waals surface area contributed by atoms with E-state index in [4.69, 9.17) is 4.98 Å². The van der Waals surface area contributed by atoms with Crippen LogP contribution >= 0.6 is 11.3 Å². The van der Waals surface area contributed by atoms with Gasteiger partial charge in [-0.25, -0.2) is 18.7 Å². The number of aliphatic hydroxyl groups is 1. The molecule has 1 saturated heterocycles. The number of nitriles is 1. The van der Waals surface area contributed by atoms with Crippen LogP contribution in [0.5, 0.6) is 0 Å². The number of aliphatic hydroxyl groups excluding tert-OH is 1. The van der Waals surface area contributed by atoms with Crippen LogP contribution in [-0.2, 0) is 0 Å². The average molecular weight is 535 g/mol. The van der Waals surface area contributed by atoms with Crippen molar-refractivity contribution in [3.8, 4) is 17.3 Å². The van der Waals surface area contributed by atoms with Crippen molar-refractivity contribution in [2.24, 2.45) is 0 Å². The molecule has 3 heterocycles. The SMILES string of the molecule is CC(C)c1cc(N(C)c2nc(-c3ccc(F)cc3)c(C#N)s2)c2cc(N3CCNC(CO)C3)cc(F)c2n1. The highest BCUT2D eigenvalue weighted by Crippen LogP contribution is 2.40. The van der Waals surface area contributed by atoms with Gasteiger partial charge in [0.15, 0.2) is 10.9 Å². The Hall–Kier alpha value is -3.65. The lowest BCUT2D eigenvalue weighted by atomic mass is 10.0. The number of halogens is 2. The van der Waals surface area contributed by atoms with Crippen LogP contribution in [0, 0.1) is 23.0 Å². The zero-order valence-corrected chi connectivity index (χ0v) is 22.2. The van der Waals surface area contributed by atoms with Gasteiger partial charge in [-0.3, -0.25) is 0 Å². The molecule has 4 aromatic rings. The molecule has 1 unspecified atom stereocenters.